The van der Waals surface area contributed by atoms with E-state index in [1.54, 1.807) is 6.07 Å². The fraction of sp³-hybridized carbons (Fsp3) is 0.231. The van der Waals surface area contributed by atoms with Gasteiger partial charge in [0.05, 0.1) is 5.69 Å². The zero-order chi connectivity index (χ0) is 12.6. The molecule has 4 heteroatoms. The van der Waals surface area contributed by atoms with Gasteiger partial charge in [0.25, 0.3) is 0 Å². The summed E-state index contributed by atoms with van der Waals surface area (Å²) in [5, 5.41) is 15.4. The lowest BCUT2D eigenvalue weighted by molar-refractivity contribution is 0.0690. The molecule has 0 saturated heterocycles. The predicted molar refractivity (Wildman–Crippen MR) is 65.2 cm³/mol. The van der Waals surface area contributed by atoms with Crippen LogP contribution in [0.1, 0.15) is 27.2 Å². The van der Waals surface area contributed by atoms with E-state index in [2.05, 4.69) is 22.3 Å². The van der Waals surface area contributed by atoms with Crippen molar-refractivity contribution in [3.63, 3.8) is 0 Å². The van der Waals surface area contributed by atoms with Gasteiger partial charge in [-0.1, -0.05) is 17.7 Å². The lowest BCUT2D eigenvalue weighted by atomic mass is 9.97. The highest BCUT2D eigenvalue weighted by Crippen LogP contribution is 2.27. The van der Waals surface area contributed by atoms with E-state index < -0.39 is 5.97 Å². The highest BCUT2D eigenvalue weighted by Gasteiger charge is 2.13. The number of carboxylic acids is 1. The molecule has 0 aliphatic heterocycles. The Bertz CT molecular complexity index is 562. The van der Waals surface area contributed by atoms with Crippen LogP contribution < -0.4 is 0 Å². The molecule has 0 amide bonds. The van der Waals surface area contributed by atoms with Crippen LogP contribution in [0.4, 0.5) is 0 Å². The van der Waals surface area contributed by atoms with Crippen molar-refractivity contribution in [2.45, 2.75) is 20.8 Å². The number of H-pyrrole nitrogens is 1. The number of carboxylic acid groups (broad SMARTS) is 1. The molecule has 2 aromatic rings. The summed E-state index contributed by atoms with van der Waals surface area (Å²) in [5.41, 5.74) is 5.19. The first-order chi connectivity index (χ1) is 7.99. The second kappa shape index (κ2) is 4.05. The number of hydrogen-bond donors (Lipinski definition) is 2. The van der Waals surface area contributed by atoms with E-state index in [0.717, 1.165) is 16.7 Å². The van der Waals surface area contributed by atoms with Gasteiger partial charge >= 0.3 is 5.97 Å². The topological polar surface area (TPSA) is 66.0 Å². The third-order valence-corrected chi connectivity index (χ3v) is 2.74. The first kappa shape index (κ1) is 11.4. The van der Waals surface area contributed by atoms with Gasteiger partial charge in [-0.25, -0.2) is 4.79 Å². The number of rotatable bonds is 2. The lowest BCUT2D eigenvalue weighted by Gasteiger charge is -2.08. The van der Waals surface area contributed by atoms with Crippen LogP contribution in [0.15, 0.2) is 18.2 Å². The molecule has 0 aliphatic rings. The van der Waals surface area contributed by atoms with Gasteiger partial charge in [-0.3, -0.25) is 5.10 Å². The molecule has 1 aromatic heterocycles. The van der Waals surface area contributed by atoms with Crippen molar-refractivity contribution >= 4 is 5.97 Å². The second-order valence-electron chi connectivity index (χ2n) is 4.25. The lowest BCUT2D eigenvalue weighted by Crippen LogP contribution is -1.95. The maximum Gasteiger partial charge on any atom is 0.353 e. The van der Waals surface area contributed by atoms with Crippen molar-refractivity contribution in [1.29, 1.82) is 0 Å². The summed E-state index contributed by atoms with van der Waals surface area (Å²) >= 11 is 0. The molecule has 1 heterocycles. The Balaban J connectivity index is 2.56. The summed E-state index contributed by atoms with van der Waals surface area (Å²) in [6.07, 6.45) is 0. The number of hydrogen-bond acceptors (Lipinski definition) is 2. The number of nitrogens with zero attached hydrogens (tertiary/aromatic N) is 1. The molecule has 0 unspecified atom stereocenters. The highest BCUT2D eigenvalue weighted by atomic mass is 16.4. The molecule has 1 aromatic carbocycles. The molecule has 0 fully saturated rings. The number of carbonyl (C=O) groups is 1. The van der Waals surface area contributed by atoms with Gasteiger partial charge < -0.3 is 5.11 Å². The monoisotopic (exact) mass is 230 g/mol. The number of nitrogens with one attached hydrogen (secondary N) is 1. The summed E-state index contributed by atoms with van der Waals surface area (Å²) in [6, 6.07) is 5.70. The number of aromatic nitrogens is 2. The normalized spacial score (nSPS) is 10.5. The minimum absolute atomic E-state index is 0.111. The average Bonchev–Trinajstić information content (AvgIpc) is 2.65. The summed E-state index contributed by atoms with van der Waals surface area (Å²) in [6.45, 7) is 6.05. The van der Waals surface area contributed by atoms with E-state index in [9.17, 15) is 4.79 Å². The van der Waals surface area contributed by atoms with Gasteiger partial charge in [0.2, 0.25) is 0 Å². The van der Waals surface area contributed by atoms with Crippen LogP contribution in [0.3, 0.4) is 0 Å². The molecule has 0 radical (unpaired) electrons. The molecular formula is C13H14N2O2. The van der Waals surface area contributed by atoms with Crippen molar-refractivity contribution in [3.05, 3.63) is 40.6 Å². The average molecular weight is 230 g/mol. The van der Waals surface area contributed by atoms with Crippen molar-refractivity contribution in [2.75, 3.05) is 0 Å². The third-order valence-electron chi connectivity index (χ3n) is 2.74. The van der Waals surface area contributed by atoms with E-state index in [4.69, 9.17) is 5.11 Å². The van der Waals surface area contributed by atoms with Crippen LogP contribution >= 0.6 is 0 Å². The largest absolute Gasteiger partial charge is 0.477 e. The molecule has 2 N–H and O–H groups in total. The maximum atomic E-state index is 10.8. The van der Waals surface area contributed by atoms with Crippen molar-refractivity contribution in [1.82, 2.24) is 10.2 Å². The number of aromatic amines is 1. The van der Waals surface area contributed by atoms with Crippen LogP contribution in [-0.2, 0) is 0 Å². The Labute approximate surface area is 99.3 Å². The number of aryl methyl sites for hydroxylation is 3. The summed E-state index contributed by atoms with van der Waals surface area (Å²) < 4.78 is 0. The van der Waals surface area contributed by atoms with Crippen LogP contribution in [0.25, 0.3) is 11.3 Å². The van der Waals surface area contributed by atoms with Crippen molar-refractivity contribution in [2.24, 2.45) is 0 Å². The molecule has 88 valence electrons. The molecule has 4 nitrogen and oxygen atoms in total. The smallest absolute Gasteiger partial charge is 0.353 e. The summed E-state index contributed by atoms with van der Waals surface area (Å²) in [4.78, 5) is 10.8. The number of aromatic carboxylic acids is 1. The molecule has 17 heavy (non-hydrogen) atoms. The van der Waals surface area contributed by atoms with Crippen molar-refractivity contribution < 1.29 is 9.90 Å². The Hall–Kier alpha value is -2.10. The first-order valence-corrected chi connectivity index (χ1v) is 5.36. The van der Waals surface area contributed by atoms with E-state index in [1.165, 1.54) is 5.56 Å². The summed E-state index contributed by atoms with van der Waals surface area (Å²) in [7, 11) is 0. The highest BCUT2D eigenvalue weighted by molar-refractivity contribution is 5.87. The molecule has 0 spiro atoms. The minimum atomic E-state index is -0.994. The molecular weight excluding hydrogens is 216 g/mol. The molecule has 2 rings (SSSR count). The van der Waals surface area contributed by atoms with Gasteiger partial charge in [0.15, 0.2) is 0 Å². The van der Waals surface area contributed by atoms with Gasteiger partial charge in [-0.15, -0.1) is 0 Å². The Morgan fingerprint density at radius 1 is 1.18 bits per heavy atom. The quantitative estimate of drug-likeness (QED) is 0.833. The predicted octanol–water partition coefficient (Wildman–Crippen LogP) is 2.70. The summed E-state index contributed by atoms with van der Waals surface area (Å²) in [5.74, 6) is -0.994. The van der Waals surface area contributed by atoms with Crippen LogP contribution in [0.2, 0.25) is 0 Å². The van der Waals surface area contributed by atoms with Gasteiger partial charge in [0.1, 0.15) is 5.69 Å². The standard InChI is InChI=1S/C13H14N2O2/c1-7-4-8(2)12(9(3)5-7)10-6-11(13(16)17)15-14-10/h4-6H,1-3H3,(H,14,15)(H,16,17). The zero-order valence-electron chi connectivity index (χ0n) is 10.0. The molecule has 0 atom stereocenters. The van der Waals surface area contributed by atoms with Crippen molar-refractivity contribution in [3.8, 4) is 11.3 Å². The third kappa shape index (κ3) is 2.06. The second-order valence-corrected chi connectivity index (χ2v) is 4.25. The van der Waals surface area contributed by atoms with E-state index in [0.29, 0.717) is 5.69 Å². The molecule has 0 saturated carbocycles. The van der Waals surface area contributed by atoms with E-state index in [1.807, 2.05) is 20.8 Å². The maximum absolute atomic E-state index is 10.8. The Morgan fingerprint density at radius 2 is 1.76 bits per heavy atom. The Morgan fingerprint density at radius 3 is 2.24 bits per heavy atom. The van der Waals surface area contributed by atoms with Crippen LogP contribution in [-0.4, -0.2) is 21.3 Å². The number of benzene rings is 1. The zero-order valence-corrected chi connectivity index (χ0v) is 10.0. The fourth-order valence-electron chi connectivity index (χ4n) is 2.14. The first-order valence-electron chi connectivity index (χ1n) is 5.36. The van der Waals surface area contributed by atoms with E-state index >= 15 is 0 Å². The van der Waals surface area contributed by atoms with Gasteiger partial charge in [-0.05, 0) is 38.0 Å². The molecule has 0 aliphatic carbocycles. The fourth-order valence-corrected chi connectivity index (χ4v) is 2.14. The van der Waals surface area contributed by atoms with E-state index in [-0.39, 0.29) is 5.69 Å². The SMILES string of the molecule is Cc1cc(C)c(-c2cc(C(=O)O)[nH]n2)c(C)c1. The minimum Gasteiger partial charge on any atom is -0.477 e. The van der Waals surface area contributed by atoms with Crippen LogP contribution in [0, 0.1) is 20.8 Å². The van der Waals surface area contributed by atoms with Gasteiger partial charge in [0, 0.05) is 5.56 Å². The Kier molecular flexibility index (Phi) is 2.71. The van der Waals surface area contributed by atoms with Crippen LogP contribution in [0.5, 0.6) is 0 Å². The van der Waals surface area contributed by atoms with Gasteiger partial charge in [-0.2, -0.15) is 5.10 Å². The molecule has 0 bridgehead atoms.